The summed E-state index contributed by atoms with van der Waals surface area (Å²) >= 11 is 0. The second-order valence-electron chi connectivity index (χ2n) is 7.53. The molecule has 2 aromatic rings. The van der Waals surface area contributed by atoms with Crippen LogP contribution in [0.4, 0.5) is 0 Å². The maximum absolute atomic E-state index is 12.8. The summed E-state index contributed by atoms with van der Waals surface area (Å²) in [5.74, 6) is -0.0270. The number of hydrogen-bond donors (Lipinski definition) is 2. The van der Waals surface area contributed by atoms with Crippen LogP contribution in [-0.4, -0.2) is 59.9 Å². The van der Waals surface area contributed by atoms with Gasteiger partial charge in [0.2, 0.25) is 0 Å². The molecule has 0 unspecified atom stereocenters. The number of aryl methyl sites for hydroxylation is 1. The van der Waals surface area contributed by atoms with Gasteiger partial charge in [0.05, 0.1) is 5.69 Å². The Balaban J connectivity index is 1.42. The molecule has 1 aliphatic heterocycles. The standard InChI is InChI=1S/C21H29N5O/c1-16-6-2-3-8-18(16)26-19-9-4-7-17(19)20(24-26)21(27)23-10-5-13-25-14-11-22-12-15-25/h2-3,6,8,22H,4-5,7,9-15H2,1H3,(H,23,27). The third-order valence-electron chi connectivity index (χ3n) is 5.64. The molecule has 0 bridgehead atoms. The van der Waals surface area contributed by atoms with E-state index >= 15 is 0 Å². The number of aromatic nitrogens is 2. The zero-order valence-corrected chi connectivity index (χ0v) is 16.1. The average molecular weight is 367 g/mol. The number of nitrogens with zero attached hydrogens (tertiary/aromatic N) is 3. The van der Waals surface area contributed by atoms with Crippen LogP contribution in [0.1, 0.15) is 40.2 Å². The quantitative estimate of drug-likeness (QED) is 0.763. The highest BCUT2D eigenvalue weighted by atomic mass is 16.1. The van der Waals surface area contributed by atoms with Crippen molar-refractivity contribution >= 4 is 5.91 Å². The van der Waals surface area contributed by atoms with E-state index in [0.29, 0.717) is 12.2 Å². The molecule has 0 spiro atoms. The third-order valence-corrected chi connectivity index (χ3v) is 5.64. The summed E-state index contributed by atoms with van der Waals surface area (Å²) in [6.45, 7) is 8.16. The van der Waals surface area contributed by atoms with Crippen molar-refractivity contribution in [2.75, 3.05) is 39.3 Å². The van der Waals surface area contributed by atoms with Crippen molar-refractivity contribution in [3.8, 4) is 5.69 Å². The highest BCUT2D eigenvalue weighted by Gasteiger charge is 2.27. The molecule has 1 aliphatic carbocycles. The number of nitrogens with one attached hydrogen (secondary N) is 2. The highest BCUT2D eigenvalue weighted by Crippen LogP contribution is 2.28. The van der Waals surface area contributed by atoms with E-state index in [2.05, 4.69) is 34.6 Å². The van der Waals surface area contributed by atoms with Gasteiger partial charge in [-0.05, 0) is 50.8 Å². The summed E-state index contributed by atoms with van der Waals surface area (Å²) in [7, 11) is 0. The molecule has 144 valence electrons. The summed E-state index contributed by atoms with van der Waals surface area (Å²) < 4.78 is 1.99. The topological polar surface area (TPSA) is 62.2 Å². The lowest BCUT2D eigenvalue weighted by Crippen LogP contribution is -2.44. The maximum Gasteiger partial charge on any atom is 0.272 e. The number of hydrogen-bond acceptors (Lipinski definition) is 4. The molecule has 1 saturated heterocycles. The minimum absolute atomic E-state index is 0.0270. The van der Waals surface area contributed by atoms with Crippen LogP contribution in [0, 0.1) is 6.92 Å². The molecule has 1 aromatic heterocycles. The van der Waals surface area contributed by atoms with E-state index in [9.17, 15) is 4.79 Å². The lowest BCUT2D eigenvalue weighted by atomic mass is 10.2. The highest BCUT2D eigenvalue weighted by molar-refractivity contribution is 5.94. The van der Waals surface area contributed by atoms with Crippen LogP contribution in [0.25, 0.3) is 5.69 Å². The van der Waals surface area contributed by atoms with Gasteiger partial charge in [-0.3, -0.25) is 4.79 Å². The Morgan fingerprint density at radius 1 is 1.22 bits per heavy atom. The fourth-order valence-corrected chi connectivity index (χ4v) is 4.14. The van der Waals surface area contributed by atoms with Crippen LogP contribution in [0.15, 0.2) is 24.3 Å². The molecule has 0 atom stereocenters. The number of benzene rings is 1. The van der Waals surface area contributed by atoms with Crippen molar-refractivity contribution in [2.45, 2.75) is 32.6 Å². The SMILES string of the molecule is Cc1ccccc1-n1nc(C(=O)NCCCN2CCNCC2)c2c1CCC2. The van der Waals surface area contributed by atoms with Gasteiger partial charge in [0.1, 0.15) is 0 Å². The minimum atomic E-state index is -0.0270. The van der Waals surface area contributed by atoms with Crippen molar-refractivity contribution in [1.82, 2.24) is 25.3 Å². The molecule has 1 amide bonds. The van der Waals surface area contributed by atoms with Gasteiger partial charge in [-0.2, -0.15) is 5.10 Å². The van der Waals surface area contributed by atoms with Gasteiger partial charge in [-0.1, -0.05) is 18.2 Å². The van der Waals surface area contributed by atoms with Crippen molar-refractivity contribution in [3.05, 3.63) is 46.8 Å². The molecule has 2 aliphatic rings. The maximum atomic E-state index is 12.8. The molecular weight excluding hydrogens is 338 g/mol. The van der Waals surface area contributed by atoms with E-state index in [0.717, 1.165) is 69.7 Å². The fourth-order valence-electron chi connectivity index (χ4n) is 4.14. The summed E-state index contributed by atoms with van der Waals surface area (Å²) in [5, 5.41) is 11.2. The first-order chi connectivity index (χ1) is 13.2. The van der Waals surface area contributed by atoms with Crippen LogP contribution >= 0.6 is 0 Å². The van der Waals surface area contributed by atoms with Gasteiger partial charge in [0, 0.05) is 44.0 Å². The van der Waals surface area contributed by atoms with E-state index < -0.39 is 0 Å². The molecule has 0 saturated carbocycles. The summed E-state index contributed by atoms with van der Waals surface area (Å²) in [4.78, 5) is 15.2. The van der Waals surface area contributed by atoms with Crippen LogP contribution < -0.4 is 10.6 Å². The Labute approximate surface area is 160 Å². The fraction of sp³-hybridized carbons (Fsp3) is 0.524. The number of rotatable bonds is 6. The monoisotopic (exact) mass is 367 g/mol. The summed E-state index contributed by atoms with van der Waals surface area (Å²) in [5.41, 5.74) is 5.21. The zero-order chi connectivity index (χ0) is 18.6. The molecule has 2 N–H and O–H groups in total. The summed E-state index contributed by atoms with van der Waals surface area (Å²) in [6, 6.07) is 8.24. The average Bonchev–Trinajstić information content (AvgIpc) is 3.29. The number of carbonyl (C=O) groups excluding carboxylic acids is 1. The van der Waals surface area contributed by atoms with Crippen molar-refractivity contribution in [1.29, 1.82) is 0 Å². The number of amides is 1. The molecule has 6 heteroatoms. The number of para-hydroxylation sites is 1. The number of piperazine rings is 1. The molecule has 1 aromatic carbocycles. The normalized spacial score (nSPS) is 17.1. The van der Waals surface area contributed by atoms with E-state index in [1.807, 2.05) is 16.8 Å². The second kappa shape index (κ2) is 8.23. The van der Waals surface area contributed by atoms with Crippen molar-refractivity contribution in [2.24, 2.45) is 0 Å². The van der Waals surface area contributed by atoms with Crippen molar-refractivity contribution in [3.63, 3.8) is 0 Å². The van der Waals surface area contributed by atoms with Gasteiger partial charge in [-0.15, -0.1) is 0 Å². The van der Waals surface area contributed by atoms with Crippen LogP contribution in [0.3, 0.4) is 0 Å². The van der Waals surface area contributed by atoms with Crippen LogP contribution in [0.5, 0.6) is 0 Å². The minimum Gasteiger partial charge on any atom is -0.351 e. The van der Waals surface area contributed by atoms with E-state index in [4.69, 9.17) is 5.10 Å². The predicted molar refractivity (Wildman–Crippen MR) is 107 cm³/mol. The Morgan fingerprint density at radius 2 is 2.04 bits per heavy atom. The molecule has 4 rings (SSSR count). The first-order valence-corrected chi connectivity index (χ1v) is 10.1. The molecule has 0 radical (unpaired) electrons. The molecule has 2 heterocycles. The number of fused-ring (bicyclic) bond motifs is 1. The Morgan fingerprint density at radius 3 is 2.85 bits per heavy atom. The smallest absolute Gasteiger partial charge is 0.272 e. The van der Waals surface area contributed by atoms with Crippen LogP contribution in [-0.2, 0) is 12.8 Å². The first-order valence-electron chi connectivity index (χ1n) is 10.1. The molecule has 6 nitrogen and oxygen atoms in total. The molecule has 27 heavy (non-hydrogen) atoms. The van der Waals surface area contributed by atoms with E-state index in [1.165, 1.54) is 11.3 Å². The van der Waals surface area contributed by atoms with Gasteiger partial charge in [0.15, 0.2) is 5.69 Å². The molecular formula is C21H29N5O. The first kappa shape index (κ1) is 18.2. The van der Waals surface area contributed by atoms with E-state index in [-0.39, 0.29) is 5.91 Å². The second-order valence-corrected chi connectivity index (χ2v) is 7.53. The Hall–Kier alpha value is -2.18. The van der Waals surface area contributed by atoms with Gasteiger partial charge >= 0.3 is 0 Å². The van der Waals surface area contributed by atoms with Crippen molar-refractivity contribution < 1.29 is 4.79 Å². The Bertz CT molecular complexity index is 807. The largest absolute Gasteiger partial charge is 0.351 e. The number of carbonyl (C=O) groups is 1. The Kier molecular flexibility index (Phi) is 5.55. The lowest BCUT2D eigenvalue weighted by molar-refractivity contribution is 0.0945. The van der Waals surface area contributed by atoms with E-state index in [1.54, 1.807) is 0 Å². The lowest BCUT2D eigenvalue weighted by Gasteiger charge is -2.27. The van der Waals surface area contributed by atoms with Gasteiger partial charge < -0.3 is 15.5 Å². The molecule has 1 fully saturated rings. The van der Waals surface area contributed by atoms with Gasteiger partial charge in [0.25, 0.3) is 5.91 Å². The zero-order valence-electron chi connectivity index (χ0n) is 16.1. The summed E-state index contributed by atoms with van der Waals surface area (Å²) in [6.07, 6.45) is 4.02. The van der Waals surface area contributed by atoms with Gasteiger partial charge in [-0.25, -0.2) is 4.68 Å². The predicted octanol–water partition coefficient (Wildman–Crippen LogP) is 1.69. The third kappa shape index (κ3) is 3.92. The van der Waals surface area contributed by atoms with Crippen LogP contribution in [0.2, 0.25) is 0 Å².